The normalized spacial score (nSPS) is 11.2. The second kappa shape index (κ2) is 7.42. The smallest absolute Gasteiger partial charge is 0.407 e. The molecule has 0 saturated heterocycles. The maximum atomic E-state index is 11.5. The maximum absolute atomic E-state index is 11.5. The summed E-state index contributed by atoms with van der Waals surface area (Å²) in [6.07, 6.45) is 4.42. The van der Waals surface area contributed by atoms with Gasteiger partial charge in [0.1, 0.15) is 5.60 Å². The van der Waals surface area contributed by atoms with E-state index in [1.807, 2.05) is 0 Å². The number of aromatic nitrogens is 1. The minimum absolute atomic E-state index is 0.230. The second-order valence-electron chi connectivity index (χ2n) is 5.22. The quantitative estimate of drug-likeness (QED) is 0.862. The van der Waals surface area contributed by atoms with Crippen molar-refractivity contribution in [3.05, 3.63) is 35.7 Å². The zero-order valence-electron chi connectivity index (χ0n) is 12.7. The fourth-order valence-electron chi connectivity index (χ4n) is 1.46. The Balaban J connectivity index is 2.58. The molecule has 0 fully saturated rings. The van der Waals surface area contributed by atoms with Gasteiger partial charge in [-0.25, -0.2) is 14.6 Å². The molecule has 1 N–H and O–H groups in total. The lowest BCUT2D eigenvalue weighted by molar-refractivity contribution is 0.0532. The Bertz CT molecular complexity index is 533. The van der Waals surface area contributed by atoms with Gasteiger partial charge in [-0.15, -0.1) is 0 Å². The van der Waals surface area contributed by atoms with E-state index in [4.69, 9.17) is 4.74 Å². The molecule has 6 nitrogen and oxygen atoms in total. The molecular formula is C15H20N2O4. The van der Waals surface area contributed by atoms with Crippen LogP contribution in [0.5, 0.6) is 0 Å². The molecule has 0 saturated carbocycles. The summed E-state index contributed by atoms with van der Waals surface area (Å²) in [6.45, 7) is 5.66. The molecule has 0 aliphatic rings. The zero-order valence-corrected chi connectivity index (χ0v) is 12.7. The van der Waals surface area contributed by atoms with Gasteiger partial charge in [0.25, 0.3) is 0 Å². The van der Waals surface area contributed by atoms with E-state index in [1.54, 1.807) is 45.1 Å². The van der Waals surface area contributed by atoms with Crippen LogP contribution in [0.4, 0.5) is 4.79 Å². The van der Waals surface area contributed by atoms with Gasteiger partial charge in [-0.1, -0.05) is 18.2 Å². The zero-order chi connectivity index (χ0) is 15.9. The van der Waals surface area contributed by atoms with Gasteiger partial charge >= 0.3 is 12.1 Å². The fourth-order valence-corrected chi connectivity index (χ4v) is 1.46. The van der Waals surface area contributed by atoms with E-state index in [1.165, 1.54) is 13.3 Å². The monoisotopic (exact) mass is 292 g/mol. The highest BCUT2D eigenvalue weighted by Crippen LogP contribution is 2.09. The van der Waals surface area contributed by atoms with Crippen LogP contribution in [0.2, 0.25) is 0 Å². The number of rotatable bonds is 4. The third-order valence-corrected chi connectivity index (χ3v) is 2.28. The Morgan fingerprint density at radius 2 is 2.10 bits per heavy atom. The van der Waals surface area contributed by atoms with E-state index in [9.17, 15) is 9.59 Å². The van der Waals surface area contributed by atoms with Crippen molar-refractivity contribution in [3.8, 4) is 0 Å². The third kappa shape index (κ3) is 6.07. The van der Waals surface area contributed by atoms with E-state index in [-0.39, 0.29) is 12.2 Å². The van der Waals surface area contributed by atoms with Gasteiger partial charge in [-0.2, -0.15) is 0 Å². The van der Waals surface area contributed by atoms with Crippen molar-refractivity contribution in [2.75, 3.05) is 13.7 Å². The van der Waals surface area contributed by atoms with Gasteiger partial charge in [0.2, 0.25) is 0 Å². The minimum Gasteiger partial charge on any atom is -0.464 e. The van der Waals surface area contributed by atoms with Crippen LogP contribution in [-0.2, 0) is 9.47 Å². The van der Waals surface area contributed by atoms with Crippen LogP contribution in [0.25, 0.3) is 6.08 Å². The fraction of sp³-hybridized carbons (Fsp3) is 0.400. The van der Waals surface area contributed by atoms with Gasteiger partial charge in [0, 0.05) is 18.3 Å². The molecule has 1 amide bonds. The van der Waals surface area contributed by atoms with Gasteiger partial charge < -0.3 is 14.8 Å². The summed E-state index contributed by atoms with van der Waals surface area (Å²) >= 11 is 0. The lowest BCUT2D eigenvalue weighted by Gasteiger charge is -2.19. The summed E-state index contributed by atoms with van der Waals surface area (Å²) in [5, 5.41) is 2.59. The Labute approximate surface area is 124 Å². The number of nitrogens with zero attached hydrogens (tertiary/aromatic N) is 1. The predicted molar refractivity (Wildman–Crippen MR) is 78.8 cm³/mol. The molecule has 1 aromatic rings. The molecule has 21 heavy (non-hydrogen) atoms. The highest BCUT2D eigenvalue weighted by Gasteiger charge is 2.15. The van der Waals surface area contributed by atoms with E-state index >= 15 is 0 Å². The topological polar surface area (TPSA) is 77.5 Å². The van der Waals surface area contributed by atoms with E-state index < -0.39 is 17.7 Å². The molecule has 1 heterocycles. The third-order valence-electron chi connectivity index (χ3n) is 2.28. The first-order valence-corrected chi connectivity index (χ1v) is 6.50. The van der Waals surface area contributed by atoms with Crippen molar-refractivity contribution >= 4 is 18.1 Å². The molecule has 6 heteroatoms. The van der Waals surface area contributed by atoms with Crippen LogP contribution in [0.15, 0.2) is 24.4 Å². The Morgan fingerprint density at radius 1 is 1.38 bits per heavy atom. The lowest BCUT2D eigenvalue weighted by atomic mass is 10.2. The number of pyridine rings is 1. The van der Waals surface area contributed by atoms with Crippen LogP contribution in [0.3, 0.4) is 0 Å². The van der Waals surface area contributed by atoms with E-state index in [0.29, 0.717) is 5.56 Å². The lowest BCUT2D eigenvalue weighted by Crippen LogP contribution is -2.32. The van der Waals surface area contributed by atoms with Gasteiger partial charge in [-0.3, -0.25) is 0 Å². The number of methoxy groups -OCH3 is 1. The summed E-state index contributed by atoms with van der Waals surface area (Å²) in [5.41, 5.74) is 0.318. The van der Waals surface area contributed by atoms with E-state index in [0.717, 1.165) is 0 Å². The molecule has 0 atom stereocenters. The largest absolute Gasteiger partial charge is 0.464 e. The van der Waals surface area contributed by atoms with Crippen molar-refractivity contribution in [3.63, 3.8) is 0 Å². The number of ether oxygens (including phenoxy) is 2. The number of hydrogen-bond donors (Lipinski definition) is 1. The maximum Gasteiger partial charge on any atom is 0.407 e. The SMILES string of the molecule is COC(=O)c1ncccc1C=CCNC(=O)OC(C)(C)C. The summed E-state index contributed by atoms with van der Waals surface area (Å²) < 4.78 is 9.75. The highest BCUT2D eigenvalue weighted by atomic mass is 16.6. The van der Waals surface area contributed by atoms with Crippen molar-refractivity contribution in [1.29, 1.82) is 0 Å². The number of alkyl carbamates (subject to hydrolysis) is 1. The minimum atomic E-state index is -0.533. The summed E-state index contributed by atoms with van der Waals surface area (Å²) in [5.74, 6) is -0.504. The van der Waals surface area contributed by atoms with Gasteiger partial charge in [0.05, 0.1) is 7.11 Å². The Hall–Kier alpha value is -2.37. The van der Waals surface area contributed by atoms with Gasteiger partial charge in [0.15, 0.2) is 5.69 Å². The summed E-state index contributed by atoms with van der Waals surface area (Å²) in [7, 11) is 1.30. The van der Waals surface area contributed by atoms with Crippen molar-refractivity contribution in [1.82, 2.24) is 10.3 Å². The number of esters is 1. The van der Waals surface area contributed by atoms with Crippen molar-refractivity contribution < 1.29 is 19.1 Å². The number of amides is 1. The standard InChI is InChI=1S/C15H20N2O4/c1-15(2,3)21-14(19)17-10-6-8-11-7-5-9-16-12(11)13(18)20-4/h5-9H,10H2,1-4H3,(H,17,19). The molecule has 0 aliphatic carbocycles. The Morgan fingerprint density at radius 3 is 2.71 bits per heavy atom. The highest BCUT2D eigenvalue weighted by molar-refractivity contribution is 5.91. The molecule has 0 unspecified atom stereocenters. The van der Waals surface area contributed by atoms with Crippen LogP contribution >= 0.6 is 0 Å². The number of hydrogen-bond acceptors (Lipinski definition) is 5. The number of carbonyl (C=O) groups excluding carboxylic acids is 2. The summed E-state index contributed by atoms with van der Waals surface area (Å²) in [4.78, 5) is 26.9. The number of carbonyl (C=O) groups is 2. The number of nitrogens with one attached hydrogen (secondary N) is 1. The van der Waals surface area contributed by atoms with Crippen LogP contribution in [-0.4, -0.2) is 36.3 Å². The van der Waals surface area contributed by atoms with Crippen LogP contribution in [0.1, 0.15) is 36.8 Å². The molecule has 0 bridgehead atoms. The average Bonchev–Trinajstić information content (AvgIpc) is 2.41. The first-order chi connectivity index (χ1) is 9.83. The summed E-state index contributed by atoms with van der Waals surface area (Å²) in [6, 6.07) is 3.45. The molecule has 114 valence electrons. The molecule has 1 rings (SSSR count). The average molecular weight is 292 g/mol. The second-order valence-corrected chi connectivity index (χ2v) is 5.22. The van der Waals surface area contributed by atoms with Crippen molar-refractivity contribution in [2.24, 2.45) is 0 Å². The van der Waals surface area contributed by atoms with Crippen LogP contribution < -0.4 is 5.32 Å². The van der Waals surface area contributed by atoms with Gasteiger partial charge in [-0.05, 0) is 26.8 Å². The van der Waals surface area contributed by atoms with Crippen molar-refractivity contribution in [2.45, 2.75) is 26.4 Å². The first-order valence-electron chi connectivity index (χ1n) is 6.50. The molecule has 0 aromatic carbocycles. The predicted octanol–water partition coefficient (Wildman–Crippen LogP) is 2.41. The molecule has 0 radical (unpaired) electrons. The molecule has 1 aromatic heterocycles. The molecule has 0 spiro atoms. The van der Waals surface area contributed by atoms with E-state index in [2.05, 4.69) is 15.0 Å². The molecule has 0 aliphatic heterocycles. The molecular weight excluding hydrogens is 272 g/mol. The first kappa shape index (κ1) is 16.7. The Kier molecular flexibility index (Phi) is 5.90. The van der Waals surface area contributed by atoms with Crippen LogP contribution in [0, 0.1) is 0 Å².